The molecule has 0 aromatic heterocycles. The number of hydrogen-bond acceptors (Lipinski definition) is 14. The van der Waals surface area contributed by atoms with Crippen LogP contribution in [0.25, 0.3) is 0 Å². The van der Waals surface area contributed by atoms with Crippen LogP contribution < -0.4 is 35.1 Å². The third kappa shape index (κ3) is 17.0. The van der Waals surface area contributed by atoms with Gasteiger partial charge in [0, 0.05) is 31.6 Å². The molecule has 3 N–H and O–H groups in total. The third-order valence-corrected chi connectivity index (χ3v) is 21.2. The number of carbonyl (C=O) groups is 7. The summed E-state index contributed by atoms with van der Waals surface area (Å²) >= 11 is 0. The Labute approximate surface area is 519 Å². The number of alkyl carbamates (subject to hydrolysis) is 1. The maximum Gasteiger partial charge on any atom is 0.415 e. The lowest BCUT2D eigenvalue weighted by atomic mass is 10.0. The highest BCUT2D eigenvalue weighted by Gasteiger charge is 2.45. The van der Waals surface area contributed by atoms with E-state index in [4.69, 9.17) is 32.8 Å². The molecule has 21 heteroatoms. The number of rotatable bonds is 23. The molecule has 0 bridgehead atoms. The lowest BCUT2D eigenvalue weighted by molar-refractivity contribution is -0.129. The highest BCUT2D eigenvalue weighted by atomic mass is 28.4. The highest BCUT2D eigenvalue weighted by molar-refractivity contribution is 6.74. The first-order chi connectivity index (χ1) is 41.5. The van der Waals surface area contributed by atoms with Crippen molar-refractivity contribution in [1.82, 2.24) is 20.4 Å². The van der Waals surface area contributed by atoms with Crippen molar-refractivity contribution in [2.75, 3.05) is 43.6 Å². The number of hydrogen-bond donors (Lipinski definition) is 3. The molecule has 0 spiro atoms. The number of methoxy groups -OCH3 is 1. The van der Waals surface area contributed by atoms with Crippen molar-refractivity contribution >= 4 is 61.5 Å². The van der Waals surface area contributed by atoms with Gasteiger partial charge in [0.15, 0.2) is 25.6 Å². The van der Waals surface area contributed by atoms with Crippen molar-refractivity contribution < 1.29 is 66.4 Å². The SMILES string of the molecule is C=CCOC(=O)N[C@H](C(=O)N[C@@H](C)C(=O)Cc1ccc(COC(=O)Nc2cc(OCc3cccc(COc4cc5c(cc4OC)C(=O)N4CCC[C@H]4[C@H](C)N5C(=O)OC(C)(C)C)c3)c(C)cc2C(=O)N2CCC[C@H]2CO[Si](C)(C)C(C)(C)C)cc1)C(C)C. The zero-order chi connectivity index (χ0) is 64.4. The van der Waals surface area contributed by atoms with Crippen molar-refractivity contribution in [3.63, 3.8) is 0 Å². The first-order valence-corrected chi connectivity index (χ1v) is 33.3. The number of amides is 6. The second kappa shape index (κ2) is 28.9. The molecule has 20 nitrogen and oxygen atoms in total. The molecule has 0 saturated carbocycles. The minimum absolute atomic E-state index is 0.00691. The fourth-order valence-corrected chi connectivity index (χ4v) is 11.7. The number of nitrogens with zero attached hydrogens (tertiary/aromatic N) is 3. The molecule has 7 rings (SSSR count). The summed E-state index contributed by atoms with van der Waals surface area (Å²) in [5, 5.41) is 8.07. The van der Waals surface area contributed by atoms with Gasteiger partial charge in [0.25, 0.3) is 11.8 Å². The molecule has 6 amide bonds. The summed E-state index contributed by atoms with van der Waals surface area (Å²) in [4.78, 5) is 100. The number of ketones is 1. The molecule has 0 unspecified atom stereocenters. The summed E-state index contributed by atoms with van der Waals surface area (Å²) in [6.45, 7) is 30.3. The molecule has 4 aromatic rings. The Morgan fingerprint density at radius 3 is 2.07 bits per heavy atom. The van der Waals surface area contributed by atoms with Crippen molar-refractivity contribution in [1.29, 1.82) is 0 Å². The van der Waals surface area contributed by atoms with Crippen LogP contribution in [0, 0.1) is 12.8 Å². The zero-order valence-electron chi connectivity index (χ0n) is 53.7. The minimum Gasteiger partial charge on any atom is -0.493 e. The Bertz CT molecular complexity index is 3210. The van der Waals surface area contributed by atoms with Crippen molar-refractivity contribution in [3.05, 3.63) is 124 Å². The Hall–Kier alpha value is -7.91. The van der Waals surface area contributed by atoms with Gasteiger partial charge in [-0.25, -0.2) is 14.4 Å². The van der Waals surface area contributed by atoms with Crippen LogP contribution in [0.4, 0.5) is 25.8 Å². The van der Waals surface area contributed by atoms with E-state index >= 15 is 0 Å². The van der Waals surface area contributed by atoms with E-state index in [2.05, 4.69) is 56.4 Å². The zero-order valence-corrected chi connectivity index (χ0v) is 54.7. The van der Waals surface area contributed by atoms with Gasteiger partial charge in [0.1, 0.15) is 43.8 Å². The number of fused-ring (bicyclic) bond motifs is 2. The van der Waals surface area contributed by atoms with E-state index < -0.39 is 50.2 Å². The number of benzene rings is 4. The molecule has 4 aromatic carbocycles. The number of aryl methyl sites for hydroxylation is 1. The molecule has 3 aliphatic rings. The quantitative estimate of drug-likeness (QED) is 0.0356. The summed E-state index contributed by atoms with van der Waals surface area (Å²) in [5.74, 6) is -0.421. The standard InChI is InChI=1S/C67H90N6O14Si/c1-16-30-82-64(79)70-59(41(2)3)60(75)68-43(5)55(74)33-45-24-26-46(27-25-45)37-85-63(78)69-52-35-56(42(4)31-50(52)61(76)71-28-18-22-49(71)40-86-88(14,15)67(10,11)12)83-38-47-20-17-21-48(32-47)39-84-58-36-54-51(34-57(58)81-13)62(77)72-29-19-23-53(72)44(6)73(54)65(80)87-66(7,8)9/h16-17,20-21,24-27,31-32,34-36,41,43-44,49,53,59H,1,18-19,22-23,28-30,33,37-40H2,2-15H3,(H,68,75)(H,69,78)(H,70,79)/t43-,44-,49-,53-,59-/m0/s1. The normalized spacial score (nSPS) is 17.4. The highest BCUT2D eigenvalue weighted by Crippen LogP contribution is 2.43. The van der Waals surface area contributed by atoms with Crippen LogP contribution in [0.15, 0.2) is 85.5 Å². The van der Waals surface area contributed by atoms with Gasteiger partial charge in [-0.15, -0.1) is 0 Å². The lowest BCUT2D eigenvalue weighted by Crippen LogP contribution is -2.53. The van der Waals surface area contributed by atoms with Gasteiger partial charge in [-0.2, -0.15) is 0 Å². The lowest BCUT2D eigenvalue weighted by Gasteiger charge is -2.38. The van der Waals surface area contributed by atoms with Gasteiger partial charge in [0.2, 0.25) is 5.91 Å². The van der Waals surface area contributed by atoms with E-state index in [1.54, 1.807) is 74.2 Å². The van der Waals surface area contributed by atoms with Crippen LogP contribution in [0.5, 0.6) is 17.2 Å². The molecule has 476 valence electrons. The molecule has 0 aliphatic carbocycles. The van der Waals surface area contributed by atoms with Crippen molar-refractivity contribution in [2.24, 2.45) is 5.92 Å². The van der Waals surface area contributed by atoms with Crippen LogP contribution in [0.3, 0.4) is 0 Å². The molecule has 3 heterocycles. The Morgan fingerprint density at radius 1 is 0.773 bits per heavy atom. The van der Waals surface area contributed by atoms with E-state index in [0.29, 0.717) is 64.9 Å². The van der Waals surface area contributed by atoms with E-state index in [1.807, 2.05) is 68.7 Å². The molecule has 2 saturated heterocycles. The molecule has 0 radical (unpaired) electrons. The summed E-state index contributed by atoms with van der Waals surface area (Å²) < 4.78 is 42.0. The van der Waals surface area contributed by atoms with Gasteiger partial charge in [0.05, 0.1) is 60.4 Å². The summed E-state index contributed by atoms with van der Waals surface area (Å²) in [7, 11) is -0.635. The largest absolute Gasteiger partial charge is 0.493 e. The molecular weight excluding hydrogens is 1140 g/mol. The second-order valence-corrected chi connectivity index (χ2v) is 30.7. The van der Waals surface area contributed by atoms with E-state index in [9.17, 15) is 33.6 Å². The van der Waals surface area contributed by atoms with Crippen LogP contribution in [-0.2, 0) is 54.5 Å². The number of Topliss-reactive ketones (excluding diaryl/α,β-unsaturated/α-hetero) is 1. The monoisotopic (exact) mass is 1230 g/mol. The first-order valence-electron chi connectivity index (χ1n) is 30.4. The number of carbonyl (C=O) groups excluding carboxylic acids is 7. The Morgan fingerprint density at radius 2 is 1.43 bits per heavy atom. The van der Waals surface area contributed by atoms with Gasteiger partial charge in [-0.05, 0) is 137 Å². The molecule has 5 atom stereocenters. The summed E-state index contributed by atoms with van der Waals surface area (Å²) in [6, 6.07) is 18.8. The van der Waals surface area contributed by atoms with Crippen LogP contribution in [0.2, 0.25) is 18.1 Å². The summed E-state index contributed by atoms with van der Waals surface area (Å²) in [5.41, 5.74) is 3.94. The second-order valence-electron chi connectivity index (χ2n) is 25.9. The third-order valence-electron chi connectivity index (χ3n) is 16.7. The van der Waals surface area contributed by atoms with Crippen LogP contribution in [0.1, 0.15) is 143 Å². The Kier molecular flexibility index (Phi) is 22.2. The van der Waals surface area contributed by atoms with Gasteiger partial charge < -0.3 is 53.3 Å². The Balaban J connectivity index is 1.05. The number of anilines is 2. The van der Waals surface area contributed by atoms with Crippen molar-refractivity contribution in [2.45, 2.75) is 182 Å². The number of nitrogens with one attached hydrogen (secondary N) is 3. The fourth-order valence-electron chi connectivity index (χ4n) is 10.7. The van der Waals surface area contributed by atoms with Crippen LogP contribution in [-0.4, -0.2) is 129 Å². The number of ether oxygens (including phenoxy) is 6. The van der Waals surface area contributed by atoms with E-state index in [1.165, 1.54) is 13.2 Å². The number of likely N-dealkylation sites (tertiary alicyclic amines) is 1. The van der Waals surface area contributed by atoms with Crippen LogP contribution >= 0.6 is 0 Å². The molecule has 2 fully saturated rings. The minimum atomic E-state index is -2.14. The predicted molar refractivity (Wildman–Crippen MR) is 339 cm³/mol. The van der Waals surface area contributed by atoms with Crippen molar-refractivity contribution in [3.8, 4) is 17.2 Å². The summed E-state index contributed by atoms with van der Waals surface area (Å²) in [6.07, 6.45) is 2.44. The fraction of sp³-hybridized carbons (Fsp3) is 0.507. The smallest absolute Gasteiger partial charge is 0.415 e. The average Bonchev–Trinajstić information content (AvgIpc) is 1.66. The van der Waals surface area contributed by atoms with E-state index in [0.717, 1.165) is 36.8 Å². The van der Waals surface area contributed by atoms with Gasteiger partial charge >= 0.3 is 18.3 Å². The maximum absolute atomic E-state index is 14.7. The average molecular weight is 1230 g/mol. The maximum atomic E-state index is 14.7. The first kappa shape index (κ1) is 67.6. The molecule has 88 heavy (non-hydrogen) atoms. The molecule has 3 aliphatic heterocycles. The van der Waals surface area contributed by atoms with Gasteiger partial charge in [-0.1, -0.05) is 89.7 Å². The van der Waals surface area contributed by atoms with E-state index in [-0.39, 0.29) is 90.8 Å². The predicted octanol–water partition coefficient (Wildman–Crippen LogP) is 11.8. The van der Waals surface area contributed by atoms with Gasteiger partial charge in [-0.3, -0.25) is 29.4 Å². The topological polar surface area (TPSA) is 230 Å². The molecular formula is C67H90N6O14Si.